The van der Waals surface area contributed by atoms with Crippen LogP contribution in [0.5, 0.6) is 0 Å². The number of carboxylic acid groups (broad SMARTS) is 1. The second-order valence-electron chi connectivity index (χ2n) is 4.98. The lowest BCUT2D eigenvalue weighted by Gasteiger charge is -2.16. The molecule has 0 aliphatic heterocycles. The monoisotopic (exact) mass is 253 g/mol. The van der Waals surface area contributed by atoms with Crippen molar-refractivity contribution < 1.29 is 14.3 Å². The van der Waals surface area contributed by atoms with E-state index in [1.165, 1.54) is 6.07 Å². The van der Waals surface area contributed by atoms with E-state index in [0.717, 1.165) is 5.56 Å². The van der Waals surface area contributed by atoms with Crippen molar-refractivity contribution in [1.29, 1.82) is 0 Å². The zero-order valence-corrected chi connectivity index (χ0v) is 11.0. The Morgan fingerprint density at radius 1 is 1.44 bits per heavy atom. The third kappa shape index (κ3) is 4.45. The lowest BCUT2D eigenvalue weighted by Crippen LogP contribution is -2.37. The molecule has 4 heteroatoms. The summed E-state index contributed by atoms with van der Waals surface area (Å²) in [7, 11) is 0. The molecule has 0 bridgehead atoms. The number of carbonyl (C=O) groups is 1. The summed E-state index contributed by atoms with van der Waals surface area (Å²) in [5.41, 5.74) is 1.35. The molecule has 0 spiro atoms. The summed E-state index contributed by atoms with van der Waals surface area (Å²) in [6, 6.07) is 4.36. The highest BCUT2D eigenvalue weighted by Crippen LogP contribution is 2.10. The molecule has 0 fully saturated rings. The molecule has 1 aromatic carbocycles. The van der Waals surface area contributed by atoms with Gasteiger partial charge in [-0.05, 0) is 36.5 Å². The van der Waals surface area contributed by atoms with Crippen LogP contribution in [0, 0.1) is 18.7 Å². The molecule has 0 aliphatic carbocycles. The highest BCUT2D eigenvalue weighted by molar-refractivity contribution is 5.73. The van der Waals surface area contributed by atoms with Crippen molar-refractivity contribution >= 4 is 5.97 Å². The van der Waals surface area contributed by atoms with Gasteiger partial charge < -0.3 is 10.4 Å². The van der Waals surface area contributed by atoms with Gasteiger partial charge in [0.2, 0.25) is 0 Å². The molecule has 3 nitrogen and oxygen atoms in total. The molecule has 18 heavy (non-hydrogen) atoms. The van der Waals surface area contributed by atoms with E-state index in [1.807, 2.05) is 13.8 Å². The van der Waals surface area contributed by atoms with Crippen LogP contribution >= 0.6 is 0 Å². The molecule has 2 N–H and O–H groups in total. The quantitative estimate of drug-likeness (QED) is 0.819. The molecule has 1 atom stereocenters. The zero-order valence-electron chi connectivity index (χ0n) is 11.0. The van der Waals surface area contributed by atoms with Gasteiger partial charge in [0, 0.05) is 6.54 Å². The van der Waals surface area contributed by atoms with Crippen molar-refractivity contribution in [3.8, 4) is 0 Å². The fourth-order valence-electron chi connectivity index (χ4n) is 1.73. The van der Waals surface area contributed by atoms with Crippen LogP contribution in [-0.2, 0) is 11.3 Å². The standard InChI is InChI=1S/C14H20FNO2/c1-9(2)6-13(14(17)18)16-8-11-5-4-10(3)12(15)7-11/h4-5,7,9,13,16H,6,8H2,1-3H3,(H,17,18)/t13-/m1/s1. The summed E-state index contributed by atoms with van der Waals surface area (Å²) >= 11 is 0. The third-order valence-corrected chi connectivity index (χ3v) is 2.79. The summed E-state index contributed by atoms with van der Waals surface area (Å²) in [5, 5.41) is 12.0. The minimum Gasteiger partial charge on any atom is -0.480 e. The van der Waals surface area contributed by atoms with Crippen LogP contribution in [0.3, 0.4) is 0 Å². The first kappa shape index (κ1) is 14.6. The third-order valence-electron chi connectivity index (χ3n) is 2.79. The van der Waals surface area contributed by atoms with E-state index in [-0.39, 0.29) is 5.82 Å². The van der Waals surface area contributed by atoms with Crippen molar-refractivity contribution in [3.63, 3.8) is 0 Å². The number of rotatable bonds is 6. The van der Waals surface area contributed by atoms with Crippen molar-refractivity contribution in [3.05, 3.63) is 35.1 Å². The Kier molecular flexibility index (Phi) is 5.28. The Labute approximate surface area is 107 Å². The smallest absolute Gasteiger partial charge is 0.320 e. The molecular formula is C14H20FNO2. The summed E-state index contributed by atoms with van der Waals surface area (Å²) in [4.78, 5) is 11.0. The number of aryl methyl sites for hydroxylation is 1. The number of hydrogen-bond acceptors (Lipinski definition) is 2. The summed E-state index contributed by atoms with van der Waals surface area (Å²) in [5.74, 6) is -0.824. The molecule has 0 radical (unpaired) electrons. The second-order valence-corrected chi connectivity index (χ2v) is 4.98. The highest BCUT2D eigenvalue weighted by atomic mass is 19.1. The molecule has 0 saturated carbocycles. The Hall–Kier alpha value is -1.42. The van der Waals surface area contributed by atoms with Gasteiger partial charge in [-0.1, -0.05) is 26.0 Å². The fourth-order valence-corrected chi connectivity index (χ4v) is 1.73. The van der Waals surface area contributed by atoms with E-state index in [0.29, 0.717) is 24.4 Å². The molecule has 1 rings (SSSR count). The number of hydrogen-bond donors (Lipinski definition) is 2. The van der Waals surface area contributed by atoms with Crippen molar-refractivity contribution in [2.24, 2.45) is 5.92 Å². The predicted octanol–water partition coefficient (Wildman–Crippen LogP) is 2.72. The maximum Gasteiger partial charge on any atom is 0.320 e. The number of aliphatic carboxylic acids is 1. The average Bonchev–Trinajstić information content (AvgIpc) is 2.28. The van der Waals surface area contributed by atoms with E-state index < -0.39 is 12.0 Å². The van der Waals surface area contributed by atoms with Crippen molar-refractivity contribution in [1.82, 2.24) is 5.32 Å². The van der Waals surface area contributed by atoms with Gasteiger partial charge in [-0.3, -0.25) is 4.79 Å². The van der Waals surface area contributed by atoms with Gasteiger partial charge in [0.1, 0.15) is 11.9 Å². The van der Waals surface area contributed by atoms with Crippen LogP contribution < -0.4 is 5.32 Å². The molecular weight excluding hydrogens is 233 g/mol. The Balaban J connectivity index is 2.61. The van der Waals surface area contributed by atoms with Gasteiger partial charge in [-0.25, -0.2) is 4.39 Å². The first-order valence-electron chi connectivity index (χ1n) is 6.11. The second kappa shape index (κ2) is 6.50. The molecule has 0 aliphatic rings. The zero-order chi connectivity index (χ0) is 13.7. The first-order valence-corrected chi connectivity index (χ1v) is 6.11. The minimum absolute atomic E-state index is 0.259. The van der Waals surface area contributed by atoms with E-state index in [2.05, 4.69) is 5.32 Å². The van der Waals surface area contributed by atoms with E-state index in [9.17, 15) is 9.18 Å². The molecule has 0 aromatic heterocycles. The molecule has 0 heterocycles. The van der Waals surface area contributed by atoms with Crippen LogP contribution in [-0.4, -0.2) is 17.1 Å². The van der Waals surface area contributed by atoms with Crippen LogP contribution in [0.2, 0.25) is 0 Å². The maximum atomic E-state index is 13.3. The molecule has 0 saturated heterocycles. The van der Waals surface area contributed by atoms with E-state index >= 15 is 0 Å². The fraction of sp³-hybridized carbons (Fsp3) is 0.500. The molecule has 100 valence electrons. The predicted molar refractivity (Wildman–Crippen MR) is 68.9 cm³/mol. The number of halogens is 1. The van der Waals surface area contributed by atoms with Gasteiger partial charge in [-0.2, -0.15) is 0 Å². The van der Waals surface area contributed by atoms with E-state index in [1.54, 1.807) is 19.1 Å². The van der Waals surface area contributed by atoms with Crippen LogP contribution in [0.25, 0.3) is 0 Å². The Morgan fingerprint density at radius 2 is 2.11 bits per heavy atom. The minimum atomic E-state index is -0.865. The number of benzene rings is 1. The maximum absolute atomic E-state index is 13.3. The SMILES string of the molecule is Cc1ccc(CN[C@H](CC(C)C)C(=O)O)cc1F. The molecule has 0 amide bonds. The Bertz CT molecular complexity index is 418. The van der Waals surface area contributed by atoms with Gasteiger partial charge >= 0.3 is 5.97 Å². The van der Waals surface area contributed by atoms with Crippen LogP contribution in [0.1, 0.15) is 31.4 Å². The van der Waals surface area contributed by atoms with Crippen molar-refractivity contribution in [2.75, 3.05) is 0 Å². The van der Waals surface area contributed by atoms with Crippen LogP contribution in [0.4, 0.5) is 4.39 Å². The van der Waals surface area contributed by atoms with Gasteiger partial charge in [0.15, 0.2) is 0 Å². The molecule has 0 unspecified atom stereocenters. The summed E-state index contributed by atoms with van der Waals surface area (Å²) in [6.45, 7) is 6.01. The lowest BCUT2D eigenvalue weighted by atomic mass is 10.0. The highest BCUT2D eigenvalue weighted by Gasteiger charge is 2.17. The largest absolute Gasteiger partial charge is 0.480 e. The lowest BCUT2D eigenvalue weighted by molar-refractivity contribution is -0.140. The summed E-state index contributed by atoms with van der Waals surface area (Å²) < 4.78 is 13.3. The number of carboxylic acids is 1. The van der Waals surface area contributed by atoms with Crippen LogP contribution in [0.15, 0.2) is 18.2 Å². The van der Waals surface area contributed by atoms with Gasteiger partial charge in [0.25, 0.3) is 0 Å². The van der Waals surface area contributed by atoms with Crippen molar-refractivity contribution in [2.45, 2.75) is 39.8 Å². The average molecular weight is 253 g/mol. The van der Waals surface area contributed by atoms with E-state index in [4.69, 9.17) is 5.11 Å². The molecule has 1 aromatic rings. The first-order chi connectivity index (χ1) is 8.40. The summed E-state index contributed by atoms with van der Waals surface area (Å²) in [6.07, 6.45) is 0.559. The normalized spacial score (nSPS) is 12.7. The number of nitrogens with one attached hydrogen (secondary N) is 1. The van der Waals surface area contributed by atoms with Gasteiger partial charge in [-0.15, -0.1) is 0 Å². The Morgan fingerprint density at radius 3 is 2.61 bits per heavy atom. The topological polar surface area (TPSA) is 49.3 Å². The van der Waals surface area contributed by atoms with Gasteiger partial charge in [0.05, 0.1) is 0 Å².